The molecule has 2 aromatic rings. The van der Waals surface area contributed by atoms with Crippen molar-refractivity contribution in [1.82, 2.24) is 19.7 Å². The second-order valence-electron chi connectivity index (χ2n) is 4.93. The molecule has 20 heavy (non-hydrogen) atoms. The Morgan fingerprint density at radius 3 is 2.85 bits per heavy atom. The highest BCUT2D eigenvalue weighted by Gasteiger charge is 2.17. The molecule has 0 amide bonds. The molecule has 0 bridgehead atoms. The van der Waals surface area contributed by atoms with E-state index >= 15 is 0 Å². The average molecular weight is 273 g/mol. The Hall–Kier alpha value is -1.72. The first-order valence-corrected chi connectivity index (χ1v) is 7.07. The summed E-state index contributed by atoms with van der Waals surface area (Å²) in [4.78, 5) is 6.62. The standard InChI is InChI=1S/C15H23N5/c1-3-20-12-13(11-18-20)15(10-16)19(2)9-7-14-6-4-5-8-17-14/h4-6,8,11-12,15H,3,7,9-10,16H2,1-2H3. The molecule has 0 spiro atoms. The van der Waals surface area contributed by atoms with Crippen LogP contribution < -0.4 is 5.73 Å². The van der Waals surface area contributed by atoms with Crippen LogP contribution >= 0.6 is 0 Å². The molecule has 5 heteroatoms. The summed E-state index contributed by atoms with van der Waals surface area (Å²) >= 11 is 0. The Morgan fingerprint density at radius 1 is 1.40 bits per heavy atom. The third-order valence-corrected chi connectivity index (χ3v) is 3.56. The molecule has 108 valence electrons. The van der Waals surface area contributed by atoms with Gasteiger partial charge in [0.1, 0.15) is 0 Å². The second-order valence-corrected chi connectivity index (χ2v) is 4.93. The number of nitrogens with zero attached hydrogens (tertiary/aromatic N) is 4. The van der Waals surface area contributed by atoms with Gasteiger partial charge in [-0.1, -0.05) is 6.07 Å². The Balaban J connectivity index is 1.96. The zero-order valence-corrected chi connectivity index (χ0v) is 12.2. The molecular formula is C15H23N5. The molecule has 0 aliphatic heterocycles. The van der Waals surface area contributed by atoms with Gasteiger partial charge in [0.25, 0.3) is 0 Å². The van der Waals surface area contributed by atoms with Crippen molar-refractivity contribution in [2.45, 2.75) is 25.9 Å². The number of aryl methyl sites for hydroxylation is 1. The average Bonchev–Trinajstić information content (AvgIpc) is 2.96. The normalized spacial score (nSPS) is 12.8. The fourth-order valence-corrected chi connectivity index (χ4v) is 2.29. The van der Waals surface area contributed by atoms with Crippen LogP contribution in [0, 0.1) is 0 Å². The van der Waals surface area contributed by atoms with Crippen molar-refractivity contribution in [3.8, 4) is 0 Å². The number of rotatable bonds is 7. The summed E-state index contributed by atoms with van der Waals surface area (Å²) in [7, 11) is 2.10. The van der Waals surface area contributed by atoms with Gasteiger partial charge in [0.15, 0.2) is 0 Å². The third-order valence-electron chi connectivity index (χ3n) is 3.56. The van der Waals surface area contributed by atoms with Crippen molar-refractivity contribution < 1.29 is 0 Å². The lowest BCUT2D eigenvalue weighted by molar-refractivity contribution is 0.252. The van der Waals surface area contributed by atoms with Crippen LogP contribution in [-0.2, 0) is 13.0 Å². The van der Waals surface area contributed by atoms with Crippen LogP contribution in [0.5, 0.6) is 0 Å². The lowest BCUT2D eigenvalue weighted by Crippen LogP contribution is -2.32. The molecule has 2 rings (SSSR count). The molecule has 5 nitrogen and oxygen atoms in total. The molecule has 0 fully saturated rings. The van der Waals surface area contributed by atoms with Crippen molar-refractivity contribution in [3.63, 3.8) is 0 Å². The highest BCUT2D eigenvalue weighted by molar-refractivity contribution is 5.11. The van der Waals surface area contributed by atoms with Gasteiger partial charge in [-0.15, -0.1) is 0 Å². The maximum atomic E-state index is 5.93. The summed E-state index contributed by atoms with van der Waals surface area (Å²) in [5, 5.41) is 4.33. The first-order chi connectivity index (χ1) is 9.74. The smallest absolute Gasteiger partial charge is 0.0538 e. The SMILES string of the molecule is CCn1cc(C(CN)N(C)CCc2ccccn2)cn1. The van der Waals surface area contributed by atoms with Gasteiger partial charge in [-0.05, 0) is 26.1 Å². The summed E-state index contributed by atoms with van der Waals surface area (Å²) < 4.78 is 1.94. The molecule has 2 N–H and O–H groups in total. The van der Waals surface area contributed by atoms with E-state index < -0.39 is 0 Å². The van der Waals surface area contributed by atoms with E-state index in [4.69, 9.17) is 5.73 Å². The maximum Gasteiger partial charge on any atom is 0.0538 e. The molecule has 1 atom stereocenters. The number of aromatic nitrogens is 3. The van der Waals surface area contributed by atoms with Crippen LogP contribution in [-0.4, -0.2) is 39.8 Å². The summed E-state index contributed by atoms with van der Waals surface area (Å²) in [6.45, 7) is 4.48. The van der Waals surface area contributed by atoms with Gasteiger partial charge >= 0.3 is 0 Å². The number of hydrogen-bond acceptors (Lipinski definition) is 4. The summed E-state index contributed by atoms with van der Waals surface area (Å²) in [5.74, 6) is 0. The van der Waals surface area contributed by atoms with E-state index in [1.54, 1.807) is 0 Å². The molecule has 0 saturated heterocycles. The van der Waals surface area contributed by atoms with E-state index in [1.165, 1.54) is 5.56 Å². The third kappa shape index (κ3) is 3.65. The maximum absolute atomic E-state index is 5.93. The minimum atomic E-state index is 0.207. The van der Waals surface area contributed by atoms with Gasteiger partial charge in [-0.25, -0.2) is 0 Å². The Labute approximate surface area is 120 Å². The van der Waals surface area contributed by atoms with Crippen LogP contribution in [0.2, 0.25) is 0 Å². The molecule has 0 radical (unpaired) electrons. The highest BCUT2D eigenvalue weighted by Crippen LogP contribution is 2.17. The first-order valence-electron chi connectivity index (χ1n) is 7.07. The Bertz CT molecular complexity index is 508. The highest BCUT2D eigenvalue weighted by atomic mass is 15.3. The molecule has 0 aliphatic rings. The van der Waals surface area contributed by atoms with Gasteiger partial charge in [0.05, 0.1) is 6.20 Å². The van der Waals surface area contributed by atoms with Gasteiger partial charge in [0.2, 0.25) is 0 Å². The number of likely N-dealkylation sites (N-methyl/N-ethyl adjacent to an activating group) is 1. The van der Waals surface area contributed by atoms with E-state index in [0.29, 0.717) is 6.54 Å². The lowest BCUT2D eigenvalue weighted by Gasteiger charge is -2.25. The second kappa shape index (κ2) is 7.17. The topological polar surface area (TPSA) is 60.0 Å². The van der Waals surface area contributed by atoms with Crippen molar-refractivity contribution in [2.75, 3.05) is 20.1 Å². The minimum absolute atomic E-state index is 0.207. The summed E-state index contributed by atoms with van der Waals surface area (Å²) in [5.41, 5.74) is 8.22. The summed E-state index contributed by atoms with van der Waals surface area (Å²) in [6.07, 6.45) is 6.75. The van der Waals surface area contributed by atoms with Crippen molar-refractivity contribution in [1.29, 1.82) is 0 Å². The van der Waals surface area contributed by atoms with E-state index in [2.05, 4.69) is 41.2 Å². The molecule has 1 unspecified atom stereocenters. The Morgan fingerprint density at radius 2 is 2.25 bits per heavy atom. The fraction of sp³-hybridized carbons (Fsp3) is 0.467. The van der Waals surface area contributed by atoms with Gasteiger partial charge < -0.3 is 5.73 Å². The van der Waals surface area contributed by atoms with Crippen molar-refractivity contribution >= 4 is 0 Å². The molecule has 0 aliphatic carbocycles. The fourth-order valence-electron chi connectivity index (χ4n) is 2.29. The number of hydrogen-bond donors (Lipinski definition) is 1. The van der Waals surface area contributed by atoms with Crippen LogP contribution in [0.1, 0.15) is 24.2 Å². The first kappa shape index (κ1) is 14.7. The quantitative estimate of drug-likeness (QED) is 0.830. The molecular weight excluding hydrogens is 250 g/mol. The molecule has 2 aromatic heterocycles. The van der Waals surface area contributed by atoms with Crippen LogP contribution in [0.3, 0.4) is 0 Å². The lowest BCUT2D eigenvalue weighted by atomic mass is 10.1. The van der Waals surface area contributed by atoms with E-state index in [9.17, 15) is 0 Å². The van der Waals surface area contributed by atoms with Crippen LogP contribution in [0.15, 0.2) is 36.8 Å². The van der Waals surface area contributed by atoms with Gasteiger partial charge in [-0.3, -0.25) is 14.6 Å². The van der Waals surface area contributed by atoms with E-state index in [-0.39, 0.29) is 6.04 Å². The molecule has 0 aromatic carbocycles. The number of nitrogens with two attached hydrogens (primary N) is 1. The monoisotopic (exact) mass is 273 g/mol. The molecule has 2 heterocycles. The van der Waals surface area contributed by atoms with E-state index in [0.717, 1.165) is 25.2 Å². The largest absolute Gasteiger partial charge is 0.329 e. The Kier molecular flexibility index (Phi) is 5.26. The van der Waals surface area contributed by atoms with Gasteiger partial charge in [0, 0.05) is 55.7 Å². The zero-order chi connectivity index (χ0) is 14.4. The van der Waals surface area contributed by atoms with Crippen LogP contribution in [0.25, 0.3) is 0 Å². The van der Waals surface area contributed by atoms with Gasteiger partial charge in [-0.2, -0.15) is 5.10 Å². The predicted molar refractivity (Wildman–Crippen MR) is 80.3 cm³/mol. The predicted octanol–water partition coefficient (Wildman–Crippen LogP) is 1.47. The molecule has 0 saturated carbocycles. The minimum Gasteiger partial charge on any atom is -0.329 e. The summed E-state index contributed by atoms with van der Waals surface area (Å²) in [6, 6.07) is 6.22. The number of pyridine rings is 1. The van der Waals surface area contributed by atoms with E-state index in [1.807, 2.05) is 29.2 Å². The van der Waals surface area contributed by atoms with Crippen LogP contribution in [0.4, 0.5) is 0 Å². The van der Waals surface area contributed by atoms with Crippen molar-refractivity contribution in [3.05, 3.63) is 48.0 Å². The zero-order valence-electron chi connectivity index (χ0n) is 12.2. The van der Waals surface area contributed by atoms with Crippen molar-refractivity contribution in [2.24, 2.45) is 5.73 Å².